The lowest BCUT2D eigenvalue weighted by atomic mass is 10.1. The van der Waals surface area contributed by atoms with Gasteiger partial charge in [-0.2, -0.15) is 0 Å². The number of hydrogen-bond donors (Lipinski definition) is 3. The number of aliphatic hydroxyl groups excluding tert-OH is 1. The molecule has 2 aromatic rings. The van der Waals surface area contributed by atoms with Crippen LogP contribution in [0.15, 0.2) is 30.6 Å². The highest BCUT2D eigenvalue weighted by atomic mass is 16.5. The molecular formula is C14H18N4O2. The van der Waals surface area contributed by atoms with Crippen molar-refractivity contribution in [2.45, 2.75) is 13.0 Å². The smallest absolute Gasteiger partial charge is 0.221 e. The van der Waals surface area contributed by atoms with Crippen molar-refractivity contribution in [1.82, 2.24) is 9.97 Å². The highest BCUT2D eigenvalue weighted by Gasteiger charge is 2.10. The van der Waals surface area contributed by atoms with Crippen molar-refractivity contribution in [3.63, 3.8) is 0 Å². The van der Waals surface area contributed by atoms with E-state index in [-0.39, 0.29) is 0 Å². The molecule has 20 heavy (non-hydrogen) atoms. The SMILES string of the molecule is COc1ncnc(NCC(O)c2ccc(N)cc2)c1C. The molecule has 106 valence electrons. The average molecular weight is 274 g/mol. The lowest BCUT2D eigenvalue weighted by molar-refractivity contribution is 0.191. The summed E-state index contributed by atoms with van der Waals surface area (Å²) in [6.07, 6.45) is 0.778. The average Bonchev–Trinajstić information content (AvgIpc) is 2.46. The Kier molecular flexibility index (Phi) is 4.37. The van der Waals surface area contributed by atoms with Crippen LogP contribution >= 0.6 is 0 Å². The Balaban J connectivity index is 2.03. The van der Waals surface area contributed by atoms with E-state index in [4.69, 9.17) is 10.5 Å². The predicted octanol–water partition coefficient (Wildman–Crippen LogP) is 1.52. The van der Waals surface area contributed by atoms with Gasteiger partial charge in [0.15, 0.2) is 0 Å². The van der Waals surface area contributed by atoms with Crippen LogP contribution < -0.4 is 15.8 Å². The monoisotopic (exact) mass is 274 g/mol. The third-order valence-corrected chi connectivity index (χ3v) is 3.02. The molecule has 1 atom stereocenters. The number of aliphatic hydroxyl groups is 1. The highest BCUT2D eigenvalue weighted by molar-refractivity contribution is 5.48. The van der Waals surface area contributed by atoms with Crippen LogP contribution in [0.1, 0.15) is 17.2 Å². The molecule has 0 amide bonds. The lowest BCUT2D eigenvalue weighted by Crippen LogP contribution is -2.14. The van der Waals surface area contributed by atoms with Gasteiger partial charge in [0.05, 0.1) is 18.8 Å². The minimum atomic E-state index is -0.643. The fourth-order valence-corrected chi connectivity index (χ4v) is 1.85. The summed E-state index contributed by atoms with van der Waals surface area (Å²) < 4.78 is 5.12. The Morgan fingerprint density at radius 3 is 2.65 bits per heavy atom. The summed E-state index contributed by atoms with van der Waals surface area (Å²) in [5, 5.41) is 13.2. The topological polar surface area (TPSA) is 93.3 Å². The zero-order valence-electron chi connectivity index (χ0n) is 11.5. The van der Waals surface area contributed by atoms with Crippen molar-refractivity contribution in [2.75, 3.05) is 24.7 Å². The second-order valence-electron chi connectivity index (χ2n) is 4.42. The summed E-state index contributed by atoms with van der Waals surface area (Å²) in [7, 11) is 1.56. The first-order chi connectivity index (χ1) is 9.61. The predicted molar refractivity (Wildman–Crippen MR) is 77.6 cm³/mol. The molecule has 0 aliphatic carbocycles. The van der Waals surface area contributed by atoms with Gasteiger partial charge in [0.1, 0.15) is 12.1 Å². The number of hydrogen-bond acceptors (Lipinski definition) is 6. The molecule has 0 saturated carbocycles. The van der Waals surface area contributed by atoms with Crippen molar-refractivity contribution < 1.29 is 9.84 Å². The fraction of sp³-hybridized carbons (Fsp3) is 0.286. The van der Waals surface area contributed by atoms with E-state index >= 15 is 0 Å². The number of nitrogens with zero attached hydrogens (tertiary/aromatic N) is 2. The summed E-state index contributed by atoms with van der Waals surface area (Å²) in [5.41, 5.74) is 7.89. The number of anilines is 2. The molecule has 1 aromatic heterocycles. The Labute approximate surface area is 117 Å². The molecule has 1 heterocycles. The molecule has 0 bridgehead atoms. The van der Waals surface area contributed by atoms with Crippen LogP contribution in [0.3, 0.4) is 0 Å². The van der Waals surface area contributed by atoms with Crippen LogP contribution in [0.5, 0.6) is 5.88 Å². The molecule has 0 spiro atoms. The summed E-state index contributed by atoms with van der Waals surface area (Å²) in [6, 6.07) is 7.12. The van der Waals surface area contributed by atoms with Crippen molar-refractivity contribution in [1.29, 1.82) is 0 Å². The molecule has 0 radical (unpaired) electrons. The van der Waals surface area contributed by atoms with Gasteiger partial charge in [0.25, 0.3) is 0 Å². The molecule has 4 N–H and O–H groups in total. The van der Waals surface area contributed by atoms with Gasteiger partial charge in [-0.15, -0.1) is 0 Å². The van der Waals surface area contributed by atoms with Gasteiger partial charge < -0.3 is 20.9 Å². The number of benzene rings is 1. The van der Waals surface area contributed by atoms with Gasteiger partial charge in [-0.1, -0.05) is 12.1 Å². The number of nitrogens with one attached hydrogen (secondary N) is 1. The molecule has 6 nitrogen and oxygen atoms in total. The van der Waals surface area contributed by atoms with E-state index in [0.717, 1.165) is 11.1 Å². The minimum absolute atomic E-state index is 0.338. The van der Waals surface area contributed by atoms with Gasteiger partial charge in [-0.3, -0.25) is 0 Å². The van der Waals surface area contributed by atoms with Gasteiger partial charge in [-0.05, 0) is 24.6 Å². The molecule has 0 saturated heterocycles. The Morgan fingerprint density at radius 2 is 2.00 bits per heavy atom. The van der Waals surface area contributed by atoms with Crippen LogP contribution in [0.25, 0.3) is 0 Å². The third-order valence-electron chi connectivity index (χ3n) is 3.02. The van der Waals surface area contributed by atoms with Gasteiger partial charge in [-0.25, -0.2) is 9.97 Å². The molecule has 0 aliphatic heterocycles. The maximum absolute atomic E-state index is 10.1. The third kappa shape index (κ3) is 3.16. The van der Waals surface area contributed by atoms with Crippen molar-refractivity contribution in [3.8, 4) is 5.88 Å². The van der Waals surface area contributed by atoms with Crippen molar-refractivity contribution >= 4 is 11.5 Å². The zero-order chi connectivity index (χ0) is 14.5. The van der Waals surface area contributed by atoms with Gasteiger partial charge in [0, 0.05) is 12.2 Å². The van der Waals surface area contributed by atoms with Crippen LogP contribution in [0.2, 0.25) is 0 Å². The first-order valence-electron chi connectivity index (χ1n) is 6.24. The van der Waals surface area contributed by atoms with E-state index in [2.05, 4.69) is 15.3 Å². The highest BCUT2D eigenvalue weighted by Crippen LogP contribution is 2.21. The zero-order valence-corrected chi connectivity index (χ0v) is 11.5. The Bertz CT molecular complexity index is 572. The van der Waals surface area contributed by atoms with Crippen LogP contribution in [0.4, 0.5) is 11.5 Å². The normalized spacial score (nSPS) is 11.9. The van der Waals surface area contributed by atoms with E-state index in [1.807, 2.05) is 6.92 Å². The Morgan fingerprint density at radius 1 is 1.30 bits per heavy atom. The maximum atomic E-state index is 10.1. The quantitative estimate of drug-likeness (QED) is 0.716. The molecule has 1 unspecified atom stereocenters. The minimum Gasteiger partial charge on any atom is -0.481 e. The molecule has 6 heteroatoms. The largest absolute Gasteiger partial charge is 0.481 e. The molecule has 1 aromatic carbocycles. The summed E-state index contributed by atoms with van der Waals surface area (Å²) in [6.45, 7) is 2.20. The maximum Gasteiger partial charge on any atom is 0.221 e. The number of nitrogens with two attached hydrogens (primary N) is 1. The number of rotatable bonds is 5. The first-order valence-corrected chi connectivity index (χ1v) is 6.24. The van der Waals surface area contributed by atoms with Crippen LogP contribution in [0, 0.1) is 6.92 Å². The first kappa shape index (κ1) is 14.1. The molecule has 0 aliphatic rings. The van der Waals surface area contributed by atoms with E-state index < -0.39 is 6.10 Å². The second kappa shape index (κ2) is 6.21. The van der Waals surface area contributed by atoms with Crippen LogP contribution in [-0.4, -0.2) is 28.7 Å². The van der Waals surface area contributed by atoms with Crippen LogP contribution in [-0.2, 0) is 0 Å². The molecule has 2 rings (SSSR count). The van der Waals surface area contributed by atoms with E-state index in [1.165, 1.54) is 6.33 Å². The summed E-state index contributed by atoms with van der Waals surface area (Å²) in [5.74, 6) is 1.16. The lowest BCUT2D eigenvalue weighted by Gasteiger charge is -2.14. The van der Waals surface area contributed by atoms with Gasteiger partial charge in [0.2, 0.25) is 5.88 Å². The molecule has 0 fully saturated rings. The van der Waals surface area contributed by atoms with E-state index in [9.17, 15) is 5.11 Å². The number of nitrogen functional groups attached to an aromatic ring is 1. The fourth-order valence-electron chi connectivity index (χ4n) is 1.85. The van der Waals surface area contributed by atoms with E-state index in [0.29, 0.717) is 23.9 Å². The van der Waals surface area contributed by atoms with E-state index in [1.54, 1.807) is 31.4 Å². The molecular weight excluding hydrogens is 256 g/mol. The number of methoxy groups -OCH3 is 1. The number of aromatic nitrogens is 2. The number of ether oxygens (including phenoxy) is 1. The second-order valence-corrected chi connectivity index (χ2v) is 4.42. The Hall–Kier alpha value is -2.34. The van der Waals surface area contributed by atoms with Crippen molar-refractivity contribution in [3.05, 3.63) is 41.7 Å². The standard InChI is InChI=1S/C14H18N4O2/c1-9-13(17-8-18-14(9)20-2)16-7-12(19)10-3-5-11(15)6-4-10/h3-6,8,12,19H,7,15H2,1-2H3,(H,16,17,18). The summed E-state index contributed by atoms with van der Waals surface area (Å²) in [4.78, 5) is 8.14. The summed E-state index contributed by atoms with van der Waals surface area (Å²) >= 11 is 0. The van der Waals surface area contributed by atoms with Crippen molar-refractivity contribution in [2.24, 2.45) is 0 Å². The van der Waals surface area contributed by atoms with Gasteiger partial charge >= 0.3 is 0 Å².